The van der Waals surface area contributed by atoms with Gasteiger partial charge in [-0.1, -0.05) is 19.1 Å². The van der Waals surface area contributed by atoms with Gasteiger partial charge in [0.2, 0.25) is 0 Å². The Labute approximate surface area is 103 Å². The van der Waals surface area contributed by atoms with Crippen molar-refractivity contribution >= 4 is 5.69 Å². The van der Waals surface area contributed by atoms with Gasteiger partial charge >= 0.3 is 0 Å². The van der Waals surface area contributed by atoms with E-state index in [4.69, 9.17) is 4.74 Å². The van der Waals surface area contributed by atoms with Gasteiger partial charge in [0.05, 0.1) is 12.3 Å². The lowest BCUT2D eigenvalue weighted by Gasteiger charge is -2.32. The highest BCUT2D eigenvalue weighted by molar-refractivity contribution is 5.63. The molecule has 0 aliphatic carbocycles. The van der Waals surface area contributed by atoms with Crippen LogP contribution in [0.1, 0.15) is 25.3 Å². The fourth-order valence-electron chi connectivity index (χ4n) is 2.70. The van der Waals surface area contributed by atoms with E-state index in [2.05, 4.69) is 30.0 Å². The molecule has 3 nitrogen and oxygen atoms in total. The van der Waals surface area contributed by atoms with Crippen LogP contribution < -0.4 is 15.8 Å². The molecule has 0 bridgehead atoms. The van der Waals surface area contributed by atoms with Gasteiger partial charge in [-0.25, -0.2) is 0 Å². The van der Waals surface area contributed by atoms with Gasteiger partial charge in [0.15, 0.2) is 0 Å². The van der Waals surface area contributed by atoms with Crippen LogP contribution in [0.2, 0.25) is 0 Å². The van der Waals surface area contributed by atoms with Crippen molar-refractivity contribution in [2.75, 3.05) is 24.6 Å². The molecule has 2 aliphatic heterocycles. The molecule has 3 N–H and O–H groups in total. The number of fused-ring (bicyclic) bond motifs is 1. The number of benzene rings is 1. The third kappa shape index (κ3) is 2.25. The molecule has 0 spiro atoms. The molecule has 17 heavy (non-hydrogen) atoms. The van der Waals surface area contributed by atoms with Gasteiger partial charge in [0.25, 0.3) is 0 Å². The number of anilines is 1. The maximum atomic E-state index is 5.77. The van der Waals surface area contributed by atoms with Crippen LogP contribution in [0.5, 0.6) is 5.75 Å². The topological polar surface area (TPSA) is 47.5 Å². The summed E-state index contributed by atoms with van der Waals surface area (Å²) in [5.41, 5.74) is 2.71. The molecule has 2 heterocycles. The third-order valence-electron chi connectivity index (χ3n) is 3.82. The average Bonchev–Trinajstić information content (AvgIpc) is 2.78. The molecule has 0 radical (unpaired) electrons. The molecule has 0 saturated carbocycles. The fourth-order valence-corrected chi connectivity index (χ4v) is 2.70. The quantitative estimate of drug-likeness (QED) is 0.812. The Morgan fingerprint density at radius 1 is 1.24 bits per heavy atom. The summed E-state index contributed by atoms with van der Waals surface area (Å²) in [6.07, 6.45) is 3.70. The second-order valence-corrected chi connectivity index (χ2v) is 5.03. The Morgan fingerprint density at radius 3 is 2.76 bits per heavy atom. The summed E-state index contributed by atoms with van der Waals surface area (Å²) < 4.78 is 5.77. The van der Waals surface area contributed by atoms with Gasteiger partial charge in [-0.05, 0) is 30.4 Å². The van der Waals surface area contributed by atoms with E-state index < -0.39 is 0 Å². The summed E-state index contributed by atoms with van der Waals surface area (Å²) in [5.74, 6) is 2.03. The van der Waals surface area contributed by atoms with Crippen LogP contribution in [0.25, 0.3) is 0 Å². The number of hydrogen-bond acceptors (Lipinski definition) is 3. The van der Waals surface area contributed by atoms with Crippen molar-refractivity contribution in [3.05, 3.63) is 23.8 Å². The summed E-state index contributed by atoms with van der Waals surface area (Å²) in [6.45, 7) is 5.57. The van der Waals surface area contributed by atoms with E-state index >= 15 is 0 Å². The Morgan fingerprint density at radius 2 is 2.00 bits per heavy atom. The molecule has 3 heteroatoms. The first-order chi connectivity index (χ1) is 7.84. The van der Waals surface area contributed by atoms with Crippen LogP contribution >= 0.6 is 0 Å². The SMILES string of the molecule is CC1CCN(c2cccc3c2OCC3)CC1.N. The van der Waals surface area contributed by atoms with Crippen LogP contribution in [0.4, 0.5) is 5.69 Å². The minimum Gasteiger partial charge on any atom is -0.491 e. The maximum absolute atomic E-state index is 5.77. The van der Waals surface area contributed by atoms with Crippen LogP contribution in [-0.4, -0.2) is 19.7 Å². The van der Waals surface area contributed by atoms with Crippen molar-refractivity contribution < 1.29 is 4.74 Å². The first-order valence-electron chi connectivity index (χ1n) is 6.34. The van der Waals surface area contributed by atoms with E-state index in [1.807, 2.05) is 0 Å². The van der Waals surface area contributed by atoms with E-state index in [0.717, 1.165) is 24.7 Å². The molecule has 2 aliphatic rings. The zero-order chi connectivity index (χ0) is 11.0. The molecule has 94 valence electrons. The van der Waals surface area contributed by atoms with E-state index in [1.54, 1.807) is 0 Å². The van der Waals surface area contributed by atoms with Crippen molar-refractivity contribution in [3.8, 4) is 5.75 Å². The molecule has 1 saturated heterocycles. The van der Waals surface area contributed by atoms with Gasteiger partial charge in [-0.2, -0.15) is 0 Å². The van der Waals surface area contributed by atoms with Gasteiger partial charge < -0.3 is 15.8 Å². The van der Waals surface area contributed by atoms with Crippen molar-refractivity contribution in [3.63, 3.8) is 0 Å². The smallest absolute Gasteiger partial charge is 0.145 e. The average molecular weight is 234 g/mol. The largest absolute Gasteiger partial charge is 0.491 e. The monoisotopic (exact) mass is 234 g/mol. The summed E-state index contributed by atoms with van der Waals surface area (Å²) in [4.78, 5) is 2.49. The first kappa shape index (κ1) is 12.2. The predicted octanol–water partition coefficient (Wildman–Crippen LogP) is 3.02. The zero-order valence-corrected chi connectivity index (χ0v) is 10.6. The van der Waals surface area contributed by atoms with Gasteiger partial charge in [-0.3, -0.25) is 0 Å². The van der Waals surface area contributed by atoms with E-state index in [1.165, 1.54) is 37.2 Å². The highest BCUT2D eigenvalue weighted by Crippen LogP contribution is 2.37. The van der Waals surface area contributed by atoms with Gasteiger partial charge in [0, 0.05) is 19.5 Å². The molecule has 1 aromatic rings. The van der Waals surface area contributed by atoms with Crippen LogP contribution in [-0.2, 0) is 6.42 Å². The first-order valence-corrected chi connectivity index (χ1v) is 6.34. The number of rotatable bonds is 1. The number of ether oxygens (including phenoxy) is 1. The Kier molecular flexibility index (Phi) is 3.57. The van der Waals surface area contributed by atoms with Crippen molar-refractivity contribution in [1.82, 2.24) is 6.15 Å². The molecular formula is C14H22N2O. The normalized spacial score (nSPS) is 19.5. The van der Waals surface area contributed by atoms with Gasteiger partial charge in [0.1, 0.15) is 5.75 Å². The number of para-hydroxylation sites is 1. The summed E-state index contributed by atoms with van der Waals surface area (Å²) in [7, 11) is 0. The third-order valence-corrected chi connectivity index (χ3v) is 3.82. The maximum Gasteiger partial charge on any atom is 0.145 e. The zero-order valence-electron chi connectivity index (χ0n) is 10.6. The molecule has 1 fully saturated rings. The molecule has 0 unspecified atom stereocenters. The Balaban J connectivity index is 0.00000108. The molecule has 0 amide bonds. The van der Waals surface area contributed by atoms with Crippen LogP contribution in [0.3, 0.4) is 0 Å². The van der Waals surface area contributed by atoms with Crippen molar-refractivity contribution in [2.45, 2.75) is 26.2 Å². The lowest BCUT2D eigenvalue weighted by Crippen LogP contribution is -2.32. The number of piperidine rings is 1. The Bertz CT molecular complexity index is 384. The molecule has 3 rings (SSSR count). The number of hydrogen-bond donors (Lipinski definition) is 1. The lowest BCUT2D eigenvalue weighted by atomic mass is 9.98. The second kappa shape index (κ2) is 4.96. The minimum absolute atomic E-state index is 0. The van der Waals surface area contributed by atoms with E-state index in [0.29, 0.717) is 0 Å². The molecular weight excluding hydrogens is 212 g/mol. The van der Waals surface area contributed by atoms with Gasteiger partial charge in [-0.15, -0.1) is 0 Å². The van der Waals surface area contributed by atoms with Crippen molar-refractivity contribution in [1.29, 1.82) is 0 Å². The highest BCUT2D eigenvalue weighted by atomic mass is 16.5. The minimum atomic E-state index is 0. The number of nitrogens with zero attached hydrogens (tertiary/aromatic N) is 1. The standard InChI is InChI=1S/C14H19NO.H3N/c1-11-5-8-15(9-6-11)13-4-2-3-12-7-10-16-14(12)13;/h2-4,11H,5-10H2,1H3;1H3. The van der Waals surface area contributed by atoms with E-state index in [-0.39, 0.29) is 6.15 Å². The predicted molar refractivity (Wildman–Crippen MR) is 71.3 cm³/mol. The van der Waals surface area contributed by atoms with E-state index in [9.17, 15) is 0 Å². The highest BCUT2D eigenvalue weighted by Gasteiger charge is 2.22. The van der Waals surface area contributed by atoms with Crippen LogP contribution in [0.15, 0.2) is 18.2 Å². The summed E-state index contributed by atoms with van der Waals surface area (Å²) >= 11 is 0. The lowest BCUT2D eigenvalue weighted by molar-refractivity contribution is 0.354. The summed E-state index contributed by atoms with van der Waals surface area (Å²) in [6, 6.07) is 6.57. The Hall–Kier alpha value is -1.22. The van der Waals surface area contributed by atoms with Crippen LogP contribution in [0, 0.1) is 5.92 Å². The summed E-state index contributed by atoms with van der Waals surface area (Å²) in [5, 5.41) is 0. The molecule has 1 aromatic carbocycles. The second-order valence-electron chi connectivity index (χ2n) is 5.03. The molecule has 0 aromatic heterocycles. The van der Waals surface area contributed by atoms with Crippen molar-refractivity contribution in [2.24, 2.45) is 5.92 Å². The molecule has 0 atom stereocenters. The fraction of sp³-hybridized carbons (Fsp3) is 0.571.